The Morgan fingerprint density at radius 3 is 1.88 bits per heavy atom. The number of anilines is 2. The molecule has 1 aliphatic heterocycles. The van der Waals surface area contributed by atoms with E-state index in [0.29, 0.717) is 85.9 Å². The molecule has 0 radical (unpaired) electrons. The van der Waals surface area contributed by atoms with Crippen molar-refractivity contribution in [3.63, 3.8) is 0 Å². The highest BCUT2D eigenvalue weighted by Gasteiger charge is 2.32. The molecular formula is C47H58ClN9O9S2. The summed E-state index contributed by atoms with van der Waals surface area (Å²) < 4.78 is 29.6. The summed E-state index contributed by atoms with van der Waals surface area (Å²) in [6.07, 6.45) is 0.336. The number of fused-ring (bicyclic) bond motifs is 3. The number of carbonyl (C=O) groups excluding carboxylic acids is 4. The van der Waals surface area contributed by atoms with Gasteiger partial charge in [0.2, 0.25) is 17.7 Å². The van der Waals surface area contributed by atoms with E-state index in [0.717, 1.165) is 42.9 Å². The molecule has 68 heavy (non-hydrogen) atoms. The maximum absolute atomic E-state index is 13.2. The van der Waals surface area contributed by atoms with Crippen molar-refractivity contribution in [3.8, 4) is 5.00 Å². The standard InChI is InChI=1S/C47H58ClN9O9S2/c1-29-31(3)67-46-42(29)43(34-10-12-35(48)13-11-34)53-38(44-56-55-33(5)57(44)46)28-41(60)50-17-16-49-39(58)14-18-62-20-22-64-24-26-66-27-25-65-23-21-63-19-15-40(59)52-37-9-7-6-8-36(37)45(61)54-47-51-30(2)32(4)68-47/h6-13,38H,14-28H2,1-5H3,(H,49,58)(H,50,60)(H,52,59)(H,51,54,61)/t38-/m0/s1. The van der Waals surface area contributed by atoms with Crippen LogP contribution in [-0.2, 0) is 38.1 Å². The summed E-state index contributed by atoms with van der Waals surface area (Å²) >= 11 is 9.26. The van der Waals surface area contributed by atoms with Gasteiger partial charge >= 0.3 is 0 Å². The summed E-state index contributed by atoms with van der Waals surface area (Å²) in [7, 11) is 0. The van der Waals surface area contributed by atoms with E-state index in [2.05, 4.69) is 50.3 Å². The third kappa shape index (κ3) is 15.0. The van der Waals surface area contributed by atoms with E-state index < -0.39 is 6.04 Å². The Kier molecular flexibility index (Phi) is 20.1. The van der Waals surface area contributed by atoms with Crippen LogP contribution in [0.3, 0.4) is 0 Å². The predicted molar refractivity (Wildman–Crippen MR) is 262 cm³/mol. The van der Waals surface area contributed by atoms with Crippen LogP contribution in [0.15, 0.2) is 53.5 Å². The number of hydrogen-bond donors (Lipinski definition) is 4. The molecule has 364 valence electrons. The first kappa shape index (κ1) is 51.9. The van der Waals surface area contributed by atoms with E-state index in [1.165, 1.54) is 11.3 Å². The van der Waals surface area contributed by atoms with Crippen LogP contribution in [0.5, 0.6) is 0 Å². The lowest BCUT2D eigenvalue weighted by Crippen LogP contribution is -2.35. The fourth-order valence-corrected chi connectivity index (χ4v) is 9.03. The number of aryl methyl sites for hydroxylation is 4. The zero-order chi connectivity index (χ0) is 48.4. The van der Waals surface area contributed by atoms with Crippen LogP contribution < -0.4 is 21.3 Å². The Balaban J connectivity index is 0.745. The number of ether oxygens (including phenoxy) is 5. The smallest absolute Gasteiger partial charge is 0.259 e. The van der Waals surface area contributed by atoms with Crippen molar-refractivity contribution in [3.05, 3.63) is 103 Å². The number of thiophene rings is 1. The van der Waals surface area contributed by atoms with Crippen molar-refractivity contribution in [2.45, 2.75) is 59.9 Å². The lowest BCUT2D eigenvalue weighted by Gasteiger charge is -2.13. The highest BCUT2D eigenvalue weighted by atomic mass is 35.5. The number of hydrogen-bond acceptors (Lipinski definition) is 15. The van der Waals surface area contributed by atoms with Gasteiger partial charge < -0.3 is 39.6 Å². The number of thiazole rings is 1. The number of aromatic nitrogens is 4. The molecule has 0 bridgehead atoms. The molecule has 4 heterocycles. The maximum atomic E-state index is 13.2. The molecule has 1 atom stereocenters. The molecule has 0 fully saturated rings. The quantitative estimate of drug-likeness (QED) is 0.0430. The number of nitrogens with zero attached hydrogens (tertiary/aromatic N) is 5. The fourth-order valence-electron chi connectivity index (χ4n) is 6.88. The van der Waals surface area contributed by atoms with Crippen molar-refractivity contribution in [1.29, 1.82) is 0 Å². The van der Waals surface area contributed by atoms with Crippen molar-refractivity contribution in [1.82, 2.24) is 30.4 Å². The number of carbonyl (C=O) groups is 4. The zero-order valence-corrected chi connectivity index (χ0v) is 41.3. The number of para-hydroxylation sites is 1. The third-order valence-corrected chi connectivity index (χ3v) is 13.1. The van der Waals surface area contributed by atoms with Crippen LogP contribution in [0.4, 0.5) is 10.8 Å². The molecule has 0 saturated heterocycles. The van der Waals surface area contributed by atoms with Crippen molar-refractivity contribution in [2.24, 2.45) is 4.99 Å². The van der Waals surface area contributed by atoms with Gasteiger partial charge in [-0.1, -0.05) is 35.9 Å². The molecule has 0 saturated carbocycles. The molecule has 6 rings (SSSR count). The largest absolute Gasteiger partial charge is 0.379 e. The fraction of sp³-hybridized carbons (Fsp3) is 0.447. The molecule has 3 aromatic heterocycles. The van der Waals surface area contributed by atoms with Gasteiger partial charge in [-0.05, 0) is 64.4 Å². The number of halogens is 1. The van der Waals surface area contributed by atoms with Crippen LogP contribution in [0.25, 0.3) is 5.00 Å². The lowest BCUT2D eigenvalue weighted by molar-refractivity contribution is -0.123. The minimum atomic E-state index is -0.589. The van der Waals surface area contributed by atoms with E-state index in [-0.39, 0.29) is 69.2 Å². The average Bonchev–Trinajstić information content (AvgIpc) is 3.92. The number of nitrogens with one attached hydrogen (secondary N) is 4. The molecule has 18 nitrogen and oxygen atoms in total. The summed E-state index contributed by atoms with van der Waals surface area (Å²) in [6, 6.07) is 13.7. The normalized spacial score (nSPS) is 13.0. The summed E-state index contributed by atoms with van der Waals surface area (Å²) in [5, 5.41) is 22.2. The van der Waals surface area contributed by atoms with Crippen LogP contribution in [0, 0.1) is 34.6 Å². The predicted octanol–water partition coefficient (Wildman–Crippen LogP) is 6.25. The Labute approximate surface area is 408 Å². The third-order valence-electron chi connectivity index (χ3n) is 10.6. The van der Waals surface area contributed by atoms with Crippen LogP contribution in [-0.4, -0.2) is 128 Å². The van der Waals surface area contributed by atoms with E-state index in [9.17, 15) is 19.2 Å². The van der Waals surface area contributed by atoms with Gasteiger partial charge in [-0.3, -0.25) is 34.1 Å². The second-order valence-corrected chi connectivity index (χ2v) is 18.4. The first-order valence-corrected chi connectivity index (χ1v) is 24.3. The number of rotatable bonds is 27. The van der Waals surface area contributed by atoms with Crippen molar-refractivity contribution >= 4 is 74.4 Å². The SMILES string of the molecule is Cc1nc(NC(=O)c2ccccc2NC(=O)CCOCCOCCOCCOCCOCCC(=O)NCCNC(=O)C[C@@H]2N=C(c3ccc(Cl)cc3)c3c(sc(C)c3C)-n3c(C)nnc32)sc1C. The van der Waals surface area contributed by atoms with Gasteiger partial charge in [0.1, 0.15) is 16.9 Å². The molecule has 4 amide bonds. The van der Waals surface area contributed by atoms with Gasteiger partial charge in [-0.25, -0.2) is 4.98 Å². The topological polar surface area (TPSA) is 219 Å². The van der Waals surface area contributed by atoms with Gasteiger partial charge in [0.15, 0.2) is 11.0 Å². The van der Waals surface area contributed by atoms with E-state index in [4.69, 9.17) is 40.3 Å². The Morgan fingerprint density at radius 1 is 0.676 bits per heavy atom. The Morgan fingerprint density at radius 2 is 1.26 bits per heavy atom. The number of amides is 4. The second kappa shape index (κ2) is 26.3. The first-order chi connectivity index (χ1) is 32.9. The highest BCUT2D eigenvalue weighted by molar-refractivity contribution is 7.16. The first-order valence-electron chi connectivity index (χ1n) is 22.3. The van der Waals surface area contributed by atoms with Crippen LogP contribution in [0.2, 0.25) is 5.02 Å². The molecule has 5 aromatic rings. The average molecular weight is 993 g/mol. The lowest BCUT2D eigenvalue weighted by atomic mass is 9.99. The maximum Gasteiger partial charge on any atom is 0.259 e. The Bertz CT molecular complexity index is 2510. The second-order valence-electron chi connectivity index (χ2n) is 15.6. The van der Waals surface area contributed by atoms with Crippen molar-refractivity contribution in [2.75, 3.05) is 89.8 Å². The minimum absolute atomic E-state index is 0.0486. The molecule has 0 unspecified atom stereocenters. The van der Waals surface area contributed by atoms with Crippen LogP contribution in [0.1, 0.15) is 79.4 Å². The molecule has 0 aliphatic carbocycles. The molecular weight excluding hydrogens is 934 g/mol. The van der Waals surface area contributed by atoms with Gasteiger partial charge in [0, 0.05) is 45.4 Å². The molecule has 4 N–H and O–H groups in total. The van der Waals surface area contributed by atoms with Crippen LogP contribution >= 0.6 is 34.3 Å². The van der Waals surface area contributed by atoms with Gasteiger partial charge in [0.05, 0.1) is 102 Å². The van der Waals surface area contributed by atoms with E-state index >= 15 is 0 Å². The summed E-state index contributed by atoms with van der Waals surface area (Å²) in [5.41, 5.74) is 5.38. The summed E-state index contributed by atoms with van der Waals surface area (Å²) in [6.45, 7) is 13.7. The highest BCUT2D eigenvalue weighted by Crippen LogP contribution is 2.39. The van der Waals surface area contributed by atoms with Gasteiger partial charge in [-0.2, -0.15) is 0 Å². The number of benzene rings is 2. The van der Waals surface area contributed by atoms with Gasteiger partial charge in [-0.15, -0.1) is 32.9 Å². The van der Waals surface area contributed by atoms with Crippen molar-refractivity contribution < 1.29 is 42.9 Å². The number of aliphatic imine (C=N–C) groups is 1. The minimum Gasteiger partial charge on any atom is -0.379 e. The molecule has 2 aromatic carbocycles. The summed E-state index contributed by atoms with van der Waals surface area (Å²) in [4.78, 5) is 62.6. The molecule has 21 heteroatoms. The monoisotopic (exact) mass is 991 g/mol. The van der Waals surface area contributed by atoms with E-state index in [1.54, 1.807) is 35.6 Å². The van der Waals surface area contributed by atoms with Gasteiger partial charge in [0.25, 0.3) is 5.91 Å². The Hall–Kier alpha value is -5.45. The molecule has 0 spiro atoms. The molecule has 1 aliphatic rings. The summed E-state index contributed by atoms with van der Waals surface area (Å²) in [5.74, 6) is 0.268. The zero-order valence-electron chi connectivity index (χ0n) is 38.9. The van der Waals surface area contributed by atoms with E-state index in [1.807, 2.05) is 49.6 Å².